The van der Waals surface area contributed by atoms with Gasteiger partial charge in [-0.25, -0.2) is 9.97 Å². The molecule has 59 heavy (non-hydrogen) atoms. The van der Waals surface area contributed by atoms with Crippen LogP contribution in [0.15, 0.2) is 189 Å². The van der Waals surface area contributed by atoms with Gasteiger partial charge >= 0.3 is 42.1 Å². The second-order valence-corrected chi connectivity index (χ2v) is 13.9. The molecule has 6 aromatic carbocycles. The molecule has 9 heteroatoms. The average Bonchev–Trinajstić information content (AvgIpc) is 3.61. The van der Waals surface area contributed by atoms with E-state index >= 15 is 0 Å². The Bertz CT molecular complexity index is 2790. The van der Waals surface area contributed by atoms with Gasteiger partial charge in [-0.2, -0.15) is 69.0 Å². The van der Waals surface area contributed by atoms with E-state index in [4.69, 9.17) is 9.97 Å². The first kappa shape index (κ1) is 39.8. The Morgan fingerprint density at radius 1 is 0.356 bits per heavy atom. The molecule has 0 atom stereocenters. The summed E-state index contributed by atoms with van der Waals surface area (Å²) in [7, 11) is 0. The third-order valence-electron chi connectivity index (χ3n) is 10.4. The van der Waals surface area contributed by atoms with Gasteiger partial charge in [0.15, 0.2) is 13.4 Å². The summed E-state index contributed by atoms with van der Waals surface area (Å²) in [6, 6.07) is 71.5. The summed E-state index contributed by atoms with van der Waals surface area (Å²) in [5.74, 6) is 0.555. The van der Waals surface area contributed by atoms with E-state index in [1.807, 2.05) is 54.9 Å². The number of nitrogens with zero attached hydrogens (tertiary/aromatic N) is 5. The summed E-state index contributed by atoms with van der Waals surface area (Å²) in [5.41, 5.74) is 11.8. The van der Waals surface area contributed by atoms with Crippen molar-refractivity contribution in [3.8, 4) is 28.5 Å². The van der Waals surface area contributed by atoms with Crippen molar-refractivity contribution < 1.29 is 42.1 Å². The first-order valence-corrected chi connectivity index (χ1v) is 19.0. The van der Waals surface area contributed by atoms with Gasteiger partial charge in [0.2, 0.25) is 5.95 Å². The SMILES string of the molecule is [Pt+2].[Pt+2].[c-]1c(B(c2[c-]c3c(cc2)c2ccc(B(c4[c-]c(-c5ccccn5)ccc4)c4ccccc4)[c-]c2n3-c2ncccn2)c2ccccc2)cccc1-c1ccccn1. The Balaban J connectivity index is 0.00000242. The van der Waals surface area contributed by atoms with Gasteiger partial charge in [-0.05, 0) is 29.6 Å². The van der Waals surface area contributed by atoms with E-state index in [1.165, 1.54) is 0 Å². The molecule has 0 aliphatic heterocycles. The fourth-order valence-corrected chi connectivity index (χ4v) is 7.84. The van der Waals surface area contributed by atoms with Crippen molar-refractivity contribution in [2.75, 3.05) is 0 Å². The molecule has 0 unspecified atom stereocenters. The number of rotatable bonds is 9. The Kier molecular flexibility index (Phi) is 12.1. The van der Waals surface area contributed by atoms with Crippen LogP contribution in [0.5, 0.6) is 0 Å². The van der Waals surface area contributed by atoms with Crippen LogP contribution >= 0.6 is 0 Å². The van der Waals surface area contributed by atoms with Crippen LogP contribution < -0.4 is 32.8 Å². The van der Waals surface area contributed by atoms with Crippen LogP contribution in [0.3, 0.4) is 0 Å². The van der Waals surface area contributed by atoms with Crippen molar-refractivity contribution in [3.05, 3.63) is 213 Å². The van der Waals surface area contributed by atoms with Crippen molar-refractivity contribution in [2.45, 2.75) is 0 Å². The van der Waals surface area contributed by atoms with Gasteiger partial charge in [0.25, 0.3) is 0 Å². The van der Waals surface area contributed by atoms with Crippen LogP contribution in [0.4, 0.5) is 0 Å². The van der Waals surface area contributed by atoms with Gasteiger partial charge in [-0.3, -0.25) is 0 Å². The molecule has 4 aromatic heterocycles. The molecule has 0 fully saturated rings. The molecule has 4 heterocycles. The van der Waals surface area contributed by atoms with E-state index in [0.717, 1.165) is 77.1 Å². The van der Waals surface area contributed by atoms with Crippen molar-refractivity contribution in [1.29, 1.82) is 0 Å². The Labute approximate surface area is 373 Å². The molecule has 0 spiro atoms. The van der Waals surface area contributed by atoms with Gasteiger partial charge in [0.1, 0.15) is 0 Å². The largest absolute Gasteiger partial charge is 2.00 e. The fourth-order valence-electron chi connectivity index (χ4n) is 7.84. The molecule has 0 saturated heterocycles. The minimum absolute atomic E-state index is 0. The first-order chi connectivity index (χ1) is 28.3. The van der Waals surface area contributed by atoms with Gasteiger partial charge in [0, 0.05) is 24.8 Å². The van der Waals surface area contributed by atoms with Crippen LogP contribution in [-0.2, 0) is 42.1 Å². The van der Waals surface area contributed by atoms with Crippen LogP contribution in [0.1, 0.15) is 0 Å². The molecule has 0 radical (unpaired) electrons. The third kappa shape index (κ3) is 7.94. The maximum Gasteiger partial charge on any atom is 2.00 e. The van der Waals surface area contributed by atoms with E-state index in [0.29, 0.717) is 5.95 Å². The Morgan fingerprint density at radius 3 is 1.22 bits per heavy atom. The van der Waals surface area contributed by atoms with E-state index < -0.39 is 0 Å². The molecule has 0 N–H and O–H groups in total. The van der Waals surface area contributed by atoms with Gasteiger partial charge in [-0.1, -0.05) is 107 Å². The van der Waals surface area contributed by atoms with Crippen LogP contribution in [0.2, 0.25) is 0 Å². The van der Waals surface area contributed by atoms with Gasteiger partial charge in [-0.15, -0.1) is 59.7 Å². The zero-order valence-corrected chi connectivity index (χ0v) is 36.0. The quantitative estimate of drug-likeness (QED) is 0.133. The molecule has 5 nitrogen and oxygen atoms in total. The normalized spacial score (nSPS) is 10.8. The van der Waals surface area contributed by atoms with E-state index in [2.05, 4.69) is 160 Å². The van der Waals surface area contributed by atoms with Crippen molar-refractivity contribution >= 4 is 68.0 Å². The molecular weight excluding hydrogens is 1080 g/mol. The molecule has 10 aromatic rings. The number of aromatic nitrogens is 5. The topological polar surface area (TPSA) is 56.5 Å². The van der Waals surface area contributed by atoms with Gasteiger partial charge < -0.3 is 14.5 Å². The molecular formula is C50H31B2N5Pt2. The number of benzene rings is 6. The minimum atomic E-state index is -0.147. The predicted molar refractivity (Wildman–Crippen MR) is 233 cm³/mol. The standard InChI is InChI=1S/C50H31B2N5.2Pt/c1-3-16-38(17-4-1)51(40-20-11-14-36(32-40)46-22-7-9-28-53-46)42-24-26-44-45-27-25-43(35-49(45)57(48(44)34-42)50-55-30-13-31-56-50)52(39-18-5-2-6-19-39)41-21-12-15-37(33-41)47-23-8-10-29-54-47;;/h1-31H;;/q-4;2*+2. The van der Waals surface area contributed by atoms with Crippen LogP contribution in [0.25, 0.3) is 50.3 Å². The maximum atomic E-state index is 4.78. The fraction of sp³-hybridized carbons (Fsp3) is 0. The van der Waals surface area contributed by atoms with Crippen LogP contribution in [-0.4, -0.2) is 37.9 Å². The van der Waals surface area contributed by atoms with Crippen molar-refractivity contribution in [1.82, 2.24) is 24.5 Å². The number of pyridine rings is 2. The second-order valence-electron chi connectivity index (χ2n) is 13.9. The smallest absolute Gasteiger partial charge is 0.328 e. The molecule has 10 rings (SSSR count). The summed E-state index contributed by atoms with van der Waals surface area (Å²) in [6.07, 6.45) is 7.20. The molecule has 0 aliphatic rings. The van der Waals surface area contributed by atoms with Crippen LogP contribution in [0, 0.1) is 24.3 Å². The molecule has 0 aliphatic carbocycles. The summed E-state index contributed by atoms with van der Waals surface area (Å²) >= 11 is 0. The Hall–Kier alpha value is -5.99. The monoisotopic (exact) mass is 1110 g/mol. The second kappa shape index (κ2) is 17.9. The summed E-state index contributed by atoms with van der Waals surface area (Å²) in [5, 5.41) is 2.09. The van der Waals surface area contributed by atoms with E-state index in [9.17, 15) is 0 Å². The number of hydrogen-bond acceptors (Lipinski definition) is 4. The van der Waals surface area contributed by atoms with Crippen molar-refractivity contribution in [2.24, 2.45) is 0 Å². The first-order valence-electron chi connectivity index (χ1n) is 19.0. The van der Waals surface area contributed by atoms with Crippen molar-refractivity contribution in [3.63, 3.8) is 0 Å². The number of fused-ring (bicyclic) bond motifs is 3. The maximum absolute atomic E-state index is 4.78. The summed E-state index contributed by atoms with van der Waals surface area (Å²) < 4.78 is 2.10. The average molecular weight is 1110 g/mol. The minimum Gasteiger partial charge on any atom is -0.328 e. The molecule has 0 saturated carbocycles. The van der Waals surface area contributed by atoms with E-state index in [1.54, 1.807) is 12.4 Å². The zero-order chi connectivity index (χ0) is 38.0. The summed E-state index contributed by atoms with van der Waals surface area (Å²) in [4.78, 5) is 18.8. The third-order valence-corrected chi connectivity index (χ3v) is 10.4. The molecule has 0 amide bonds. The molecule has 0 bridgehead atoms. The Morgan fingerprint density at radius 2 is 0.780 bits per heavy atom. The predicted octanol–water partition coefficient (Wildman–Crippen LogP) is 5.93. The zero-order valence-electron chi connectivity index (χ0n) is 31.4. The summed E-state index contributed by atoms with van der Waals surface area (Å²) in [6.45, 7) is -0.294. The van der Waals surface area contributed by atoms with E-state index in [-0.39, 0.29) is 55.6 Å². The number of hydrogen-bond donors (Lipinski definition) is 0. The van der Waals surface area contributed by atoms with Gasteiger partial charge in [0.05, 0.1) is 0 Å². The molecule has 282 valence electrons.